The van der Waals surface area contributed by atoms with E-state index >= 15 is 0 Å². The lowest BCUT2D eigenvalue weighted by Crippen LogP contribution is -2.53. The molecule has 3 heteroatoms. The van der Waals surface area contributed by atoms with Gasteiger partial charge in [0.05, 0.1) is 11.2 Å². The Hall–Kier alpha value is -2.23. The van der Waals surface area contributed by atoms with Gasteiger partial charge in [-0.15, -0.1) is 0 Å². The van der Waals surface area contributed by atoms with E-state index in [4.69, 9.17) is 4.74 Å². The van der Waals surface area contributed by atoms with E-state index in [0.29, 0.717) is 17.8 Å². The first kappa shape index (κ1) is 20.2. The van der Waals surface area contributed by atoms with Gasteiger partial charge in [-0.3, -0.25) is 4.98 Å². The van der Waals surface area contributed by atoms with Gasteiger partial charge in [0.1, 0.15) is 0 Å². The maximum absolute atomic E-state index is 7.36. The summed E-state index contributed by atoms with van der Waals surface area (Å²) in [5, 5.41) is 5.92. The summed E-state index contributed by atoms with van der Waals surface area (Å²) < 4.78 is 7.36. The van der Waals surface area contributed by atoms with E-state index in [2.05, 4.69) is 72.8 Å². The second-order valence-corrected chi connectivity index (χ2v) is 11.5. The predicted molar refractivity (Wildman–Crippen MR) is 133 cm³/mol. The summed E-state index contributed by atoms with van der Waals surface area (Å²) >= 11 is 0. The minimum Gasteiger partial charge on any atom is -0.359 e. The van der Waals surface area contributed by atoms with E-state index in [1.165, 1.54) is 53.2 Å². The molecular formula is C30H34N2O. The second-order valence-electron chi connectivity index (χ2n) is 11.5. The van der Waals surface area contributed by atoms with Crippen LogP contribution in [0.15, 0.2) is 72.1 Å². The smallest absolute Gasteiger partial charge is 0.0975 e. The molecule has 1 aromatic carbocycles. The number of nitrogens with zero attached hydrogens (tertiary/aromatic N) is 1. The van der Waals surface area contributed by atoms with Crippen molar-refractivity contribution in [2.24, 2.45) is 17.3 Å². The number of nitrogens with one attached hydrogen (secondary N) is 1. The lowest BCUT2D eigenvalue weighted by atomic mass is 9.58. The molecule has 2 bridgehead atoms. The summed E-state index contributed by atoms with van der Waals surface area (Å²) in [6.07, 6.45) is 20.9. The molecule has 170 valence electrons. The van der Waals surface area contributed by atoms with Gasteiger partial charge >= 0.3 is 0 Å². The summed E-state index contributed by atoms with van der Waals surface area (Å²) in [7, 11) is 2.06. The highest BCUT2D eigenvalue weighted by Gasteiger charge is 2.66. The number of hydrogen-bond acceptors (Lipinski definition) is 3. The maximum atomic E-state index is 7.36. The Morgan fingerprint density at radius 1 is 1.12 bits per heavy atom. The van der Waals surface area contributed by atoms with Crippen LogP contribution in [0.3, 0.4) is 0 Å². The summed E-state index contributed by atoms with van der Waals surface area (Å²) in [5.74, 6) is 1.73. The number of pyridine rings is 1. The Morgan fingerprint density at radius 3 is 2.97 bits per heavy atom. The second kappa shape index (κ2) is 6.90. The average molecular weight is 439 g/mol. The van der Waals surface area contributed by atoms with Crippen molar-refractivity contribution < 1.29 is 4.74 Å². The van der Waals surface area contributed by atoms with Gasteiger partial charge in [-0.1, -0.05) is 43.4 Å². The number of allylic oxidation sites excluding steroid dienone is 1. The fourth-order valence-electron chi connectivity index (χ4n) is 8.42. The van der Waals surface area contributed by atoms with Crippen molar-refractivity contribution in [1.29, 1.82) is 0 Å². The highest BCUT2D eigenvalue weighted by atomic mass is 16.5. The van der Waals surface area contributed by atoms with Crippen LogP contribution in [0.2, 0.25) is 0 Å². The highest BCUT2D eigenvalue weighted by molar-refractivity contribution is 5.82. The molecule has 7 rings (SSSR count). The Kier molecular flexibility index (Phi) is 4.22. The minimum absolute atomic E-state index is 0.0709. The van der Waals surface area contributed by atoms with Crippen LogP contribution in [0.25, 0.3) is 10.8 Å². The molecule has 2 aliphatic heterocycles. The average Bonchev–Trinajstić information content (AvgIpc) is 3.34. The van der Waals surface area contributed by atoms with Gasteiger partial charge in [-0.25, -0.2) is 0 Å². The normalized spacial score (nSPS) is 40.7. The summed E-state index contributed by atoms with van der Waals surface area (Å²) in [6, 6.07) is 9.19. The molecular weight excluding hydrogens is 404 g/mol. The zero-order chi connectivity index (χ0) is 22.3. The van der Waals surface area contributed by atoms with Gasteiger partial charge in [0, 0.05) is 24.3 Å². The number of aromatic nitrogens is 1. The van der Waals surface area contributed by atoms with E-state index < -0.39 is 0 Å². The topological polar surface area (TPSA) is 34.2 Å². The van der Waals surface area contributed by atoms with Crippen molar-refractivity contribution in [3.05, 3.63) is 77.7 Å². The largest absolute Gasteiger partial charge is 0.359 e. The summed E-state index contributed by atoms with van der Waals surface area (Å²) in [6.45, 7) is 3.59. The third-order valence-corrected chi connectivity index (χ3v) is 9.94. The molecule has 3 nitrogen and oxygen atoms in total. The molecule has 3 heterocycles. The first-order valence-electron chi connectivity index (χ1n) is 12.9. The molecule has 0 unspecified atom stereocenters. The highest BCUT2D eigenvalue weighted by Crippen LogP contribution is 2.69. The van der Waals surface area contributed by atoms with Gasteiger partial charge in [-0.2, -0.15) is 0 Å². The van der Waals surface area contributed by atoms with Crippen molar-refractivity contribution in [3.8, 4) is 0 Å². The van der Waals surface area contributed by atoms with E-state index in [1.54, 1.807) is 0 Å². The van der Waals surface area contributed by atoms with Gasteiger partial charge in [0.15, 0.2) is 0 Å². The molecule has 6 atom stereocenters. The molecule has 2 spiro atoms. The zero-order valence-corrected chi connectivity index (χ0v) is 19.8. The van der Waals surface area contributed by atoms with Crippen molar-refractivity contribution in [1.82, 2.24) is 10.3 Å². The quantitative estimate of drug-likeness (QED) is 0.630. The van der Waals surface area contributed by atoms with Crippen molar-refractivity contribution in [2.45, 2.75) is 62.6 Å². The van der Waals surface area contributed by atoms with Crippen molar-refractivity contribution in [2.75, 3.05) is 13.6 Å². The Morgan fingerprint density at radius 2 is 2.06 bits per heavy atom. The van der Waals surface area contributed by atoms with Crippen LogP contribution in [-0.4, -0.2) is 29.8 Å². The first-order valence-corrected chi connectivity index (χ1v) is 12.9. The summed E-state index contributed by atoms with van der Waals surface area (Å²) in [4.78, 5) is 4.37. The van der Waals surface area contributed by atoms with Crippen LogP contribution in [0.5, 0.6) is 0 Å². The number of rotatable bonds is 3. The minimum atomic E-state index is -0.0843. The molecule has 1 saturated carbocycles. The van der Waals surface area contributed by atoms with Gasteiger partial charge < -0.3 is 10.1 Å². The number of fused-ring (bicyclic) bond motifs is 2. The summed E-state index contributed by atoms with van der Waals surface area (Å²) in [5.41, 5.74) is 4.48. The standard InChI is InChI=1S/C30H34N2O/c1-28-11-9-25-16-24-6-3-20(18-31-2)17-29(24)12-13-30(25,33-29)27(28)8-7-26(28)22-5-4-21-10-14-32-19-23(21)15-22/h3-6,9-10,14-16,19-20,26-27,31H,7-8,11-13,17-18H2,1-2H3/t20-,26-,27-,28-,29-,30-/m1/s1. The molecule has 33 heavy (non-hydrogen) atoms. The van der Waals surface area contributed by atoms with Crippen LogP contribution < -0.4 is 5.32 Å². The third-order valence-electron chi connectivity index (χ3n) is 9.94. The van der Waals surface area contributed by atoms with E-state index in [0.717, 1.165) is 19.4 Å². The SMILES string of the molecule is CNC[C@@H]1C=CC2=CC3=CC[C@]4(C)[C@@H](c5ccc6ccncc6c5)CC[C@H]4[C@@]34CC[C@]2(C1)O4. The van der Waals surface area contributed by atoms with Crippen LogP contribution in [0.4, 0.5) is 0 Å². The monoisotopic (exact) mass is 438 g/mol. The van der Waals surface area contributed by atoms with Crippen LogP contribution in [-0.2, 0) is 4.74 Å². The molecule has 3 aliphatic carbocycles. The van der Waals surface area contributed by atoms with Crippen LogP contribution >= 0.6 is 0 Å². The number of benzene rings is 1. The van der Waals surface area contributed by atoms with E-state index in [1.807, 2.05) is 12.4 Å². The molecule has 1 N–H and O–H groups in total. The van der Waals surface area contributed by atoms with Crippen molar-refractivity contribution >= 4 is 10.8 Å². The molecule has 2 fully saturated rings. The zero-order valence-electron chi connectivity index (χ0n) is 19.8. The van der Waals surface area contributed by atoms with Gasteiger partial charge in [0.2, 0.25) is 0 Å². The Balaban J connectivity index is 1.28. The number of hydrogen-bond donors (Lipinski definition) is 1. The Bertz CT molecular complexity index is 1230. The molecule has 0 amide bonds. The lowest BCUT2D eigenvalue weighted by Gasteiger charge is -2.53. The maximum Gasteiger partial charge on any atom is 0.0975 e. The predicted octanol–water partition coefficient (Wildman–Crippen LogP) is 6.09. The molecule has 1 saturated heterocycles. The fourth-order valence-corrected chi connectivity index (χ4v) is 8.42. The third kappa shape index (κ3) is 2.67. The van der Waals surface area contributed by atoms with Crippen LogP contribution in [0.1, 0.15) is 56.9 Å². The molecule has 5 aliphatic rings. The van der Waals surface area contributed by atoms with Crippen LogP contribution in [0, 0.1) is 17.3 Å². The van der Waals surface area contributed by atoms with Gasteiger partial charge in [-0.05, 0) is 103 Å². The molecule has 2 aromatic rings. The Labute approximate surface area is 197 Å². The lowest BCUT2D eigenvalue weighted by molar-refractivity contribution is -0.131. The van der Waals surface area contributed by atoms with E-state index in [-0.39, 0.29) is 16.6 Å². The number of ether oxygens (including phenoxy) is 1. The first-order chi connectivity index (χ1) is 16.1. The molecule has 1 aromatic heterocycles. The fraction of sp³-hybridized carbons (Fsp3) is 0.500. The van der Waals surface area contributed by atoms with Crippen molar-refractivity contribution in [3.63, 3.8) is 0 Å². The van der Waals surface area contributed by atoms with E-state index in [9.17, 15) is 0 Å². The molecule has 0 radical (unpaired) electrons. The van der Waals surface area contributed by atoms with Gasteiger partial charge in [0.25, 0.3) is 0 Å².